The summed E-state index contributed by atoms with van der Waals surface area (Å²) in [6.45, 7) is 3.67. The molecular weight excluding hydrogens is 250 g/mol. The Labute approximate surface area is 120 Å². The first-order chi connectivity index (χ1) is 9.76. The van der Waals surface area contributed by atoms with Gasteiger partial charge in [0.2, 0.25) is 0 Å². The summed E-state index contributed by atoms with van der Waals surface area (Å²) in [5, 5.41) is 12.4. The van der Waals surface area contributed by atoms with E-state index in [9.17, 15) is 0 Å². The molecule has 5 nitrogen and oxygen atoms in total. The number of nitrogens with one attached hydrogen (secondary N) is 1. The van der Waals surface area contributed by atoms with Gasteiger partial charge in [0.05, 0.1) is 24.0 Å². The highest BCUT2D eigenvalue weighted by Crippen LogP contribution is 2.28. The molecule has 1 N–H and O–H groups in total. The zero-order valence-corrected chi connectivity index (χ0v) is 12.3. The topological polar surface area (TPSA) is 47.7 Å². The van der Waals surface area contributed by atoms with Crippen molar-refractivity contribution in [2.45, 2.75) is 51.7 Å². The lowest BCUT2D eigenvalue weighted by Gasteiger charge is -2.08. The molecule has 108 valence electrons. The fourth-order valence-corrected chi connectivity index (χ4v) is 3.00. The summed E-state index contributed by atoms with van der Waals surface area (Å²) < 4.78 is 4.14. The standard InChI is InChI=1S/C15H23N5/c1-12-13(9-16-2)10-19(17-12)11-14-7-8-20(18-14)15-5-3-4-6-15/h7-8,10,15-16H,3-6,9,11H2,1-2H3. The van der Waals surface area contributed by atoms with Crippen LogP contribution in [0.3, 0.4) is 0 Å². The van der Waals surface area contributed by atoms with Crippen LogP contribution in [-0.4, -0.2) is 26.6 Å². The van der Waals surface area contributed by atoms with Crippen LogP contribution < -0.4 is 5.32 Å². The predicted octanol–water partition coefficient (Wildman–Crippen LogP) is 2.27. The first kappa shape index (κ1) is 13.4. The summed E-state index contributed by atoms with van der Waals surface area (Å²) in [6.07, 6.45) is 9.45. The third-order valence-electron chi connectivity index (χ3n) is 4.10. The Hall–Kier alpha value is -1.62. The second kappa shape index (κ2) is 5.79. The van der Waals surface area contributed by atoms with Gasteiger partial charge < -0.3 is 5.32 Å². The maximum atomic E-state index is 4.71. The molecule has 2 heterocycles. The minimum Gasteiger partial charge on any atom is -0.316 e. The zero-order chi connectivity index (χ0) is 13.9. The van der Waals surface area contributed by atoms with Gasteiger partial charge in [0, 0.05) is 24.5 Å². The SMILES string of the molecule is CNCc1cn(Cc2ccn(C3CCCC3)n2)nc1C. The van der Waals surface area contributed by atoms with Crippen LogP contribution in [0.15, 0.2) is 18.5 Å². The van der Waals surface area contributed by atoms with Crippen LogP contribution in [0.5, 0.6) is 0 Å². The molecule has 0 saturated heterocycles. The molecule has 0 spiro atoms. The number of hydrogen-bond acceptors (Lipinski definition) is 3. The van der Waals surface area contributed by atoms with Gasteiger partial charge in [0.15, 0.2) is 0 Å². The highest BCUT2D eigenvalue weighted by atomic mass is 15.3. The molecule has 2 aromatic heterocycles. The Kier molecular flexibility index (Phi) is 3.87. The maximum absolute atomic E-state index is 4.71. The molecule has 0 atom stereocenters. The first-order valence-electron chi connectivity index (χ1n) is 7.48. The molecule has 0 amide bonds. The Morgan fingerprint density at radius 3 is 2.85 bits per heavy atom. The summed E-state index contributed by atoms with van der Waals surface area (Å²) in [6, 6.07) is 2.73. The minimum absolute atomic E-state index is 0.614. The van der Waals surface area contributed by atoms with Gasteiger partial charge in [-0.3, -0.25) is 9.36 Å². The van der Waals surface area contributed by atoms with Crippen molar-refractivity contribution in [1.29, 1.82) is 0 Å². The Balaban J connectivity index is 1.69. The summed E-state index contributed by atoms with van der Waals surface area (Å²) in [4.78, 5) is 0. The molecule has 1 saturated carbocycles. The van der Waals surface area contributed by atoms with Gasteiger partial charge in [-0.15, -0.1) is 0 Å². The molecule has 0 unspecified atom stereocenters. The van der Waals surface area contributed by atoms with Gasteiger partial charge in [-0.1, -0.05) is 12.8 Å². The van der Waals surface area contributed by atoms with Crippen molar-refractivity contribution in [3.63, 3.8) is 0 Å². The highest BCUT2D eigenvalue weighted by Gasteiger charge is 2.17. The molecule has 0 aliphatic heterocycles. The van der Waals surface area contributed by atoms with E-state index in [1.807, 2.05) is 11.7 Å². The number of aryl methyl sites for hydroxylation is 1. The van der Waals surface area contributed by atoms with E-state index in [0.717, 1.165) is 24.5 Å². The monoisotopic (exact) mass is 273 g/mol. The summed E-state index contributed by atoms with van der Waals surface area (Å²) in [5.74, 6) is 0. The smallest absolute Gasteiger partial charge is 0.0850 e. The molecule has 1 fully saturated rings. The van der Waals surface area contributed by atoms with E-state index in [-0.39, 0.29) is 0 Å². The van der Waals surface area contributed by atoms with E-state index in [1.165, 1.54) is 31.2 Å². The van der Waals surface area contributed by atoms with Crippen LogP contribution >= 0.6 is 0 Å². The van der Waals surface area contributed by atoms with Crippen LogP contribution in [0.25, 0.3) is 0 Å². The number of hydrogen-bond donors (Lipinski definition) is 1. The normalized spacial score (nSPS) is 16.1. The van der Waals surface area contributed by atoms with Crippen LogP contribution in [0.1, 0.15) is 48.7 Å². The van der Waals surface area contributed by atoms with E-state index in [2.05, 4.69) is 40.5 Å². The van der Waals surface area contributed by atoms with Gasteiger partial charge >= 0.3 is 0 Å². The van der Waals surface area contributed by atoms with Gasteiger partial charge in [0.1, 0.15) is 0 Å². The predicted molar refractivity (Wildman–Crippen MR) is 78.6 cm³/mol. The molecule has 0 radical (unpaired) electrons. The molecule has 20 heavy (non-hydrogen) atoms. The lowest BCUT2D eigenvalue weighted by molar-refractivity contribution is 0.460. The quantitative estimate of drug-likeness (QED) is 0.909. The van der Waals surface area contributed by atoms with Crippen molar-refractivity contribution < 1.29 is 0 Å². The average Bonchev–Trinajstić information content (AvgIpc) is 3.12. The summed E-state index contributed by atoms with van der Waals surface area (Å²) in [5.41, 5.74) is 3.44. The van der Waals surface area contributed by atoms with Gasteiger partial charge in [-0.25, -0.2) is 0 Å². The second-order valence-electron chi connectivity index (χ2n) is 5.69. The zero-order valence-electron chi connectivity index (χ0n) is 12.3. The van der Waals surface area contributed by atoms with Crippen LogP contribution in [0.4, 0.5) is 0 Å². The number of nitrogens with zero attached hydrogens (tertiary/aromatic N) is 4. The van der Waals surface area contributed by atoms with E-state index >= 15 is 0 Å². The van der Waals surface area contributed by atoms with Crippen molar-refractivity contribution in [2.75, 3.05) is 7.05 Å². The number of rotatable bonds is 5. The van der Waals surface area contributed by atoms with Crippen LogP contribution in [-0.2, 0) is 13.1 Å². The van der Waals surface area contributed by atoms with Gasteiger partial charge in [0.25, 0.3) is 0 Å². The van der Waals surface area contributed by atoms with Crippen molar-refractivity contribution >= 4 is 0 Å². The molecule has 0 aromatic carbocycles. The minimum atomic E-state index is 0.614. The molecule has 0 bridgehead atoms. The van der Waals surface area contributed by atoms with E-state index < -0.39 is 0 Å². The summed E-state index contributed by atoms with van der Waals surface area (Å²) in [7, 11) is 1.96. The maximum Gasteiger partial charge on any atom is 0.0850 e. The van der Waals surface area contributed by atoms with Crippen molar-refractivity contribution in [2.24, 2.45) is 0 Å². The van der Waals surface area contributed by atoms with Crippen molar-refractivity contribution in [3.05, 3.63) is 35.4 Å². The Bertz CT molecular complexity index is 563. The molecule has 1 aliphatic carbocycles. The van der Waals surface area contributed by atoms with Crippen molar-refractivity contribution in [3.8, 4) is 0 Å². The van der Waals surface area contributed by atoms with Crippen LogP contribution in [0.2, 0.25) is 0 Å². The molecular formula is C15H23N5. The lowest BCUT2D eigenvalue weighted by atomic mass is 10.3. The molecule has 3 rings (SSSR count). The molecule has 2 aromatic rings. The fraction of sp³-hybridized carbons (Fsp3) is 0.600. The average molecular weight is 273 g/mol. The Morgan fingerprint density at radius 1 is 1.30 bits per heavy atom. The van der Waals surface area contributed by atoms with E-state index in [4.69, 9.17) is 5.10 Å². The largest absolute Gasteiger partial charge is 0.316 e. The van der Waals surface area contributed by atoms with E-state index in [1.54, 1.807) is 0 Å². The van der Waals surface area contributed by atoms with Crippen LogP contribution in [0, 0.1) is 6.92 Å². The Morgan fingerprint density at radius 2 is 2.10 bits per heavy atom. The highest BCUT2D eigenvalue weighted by molar-refractivity contribution is 5.15. The number of aromatic nitrogens is 4. The van der Waals surface area contributed by atoms with E-state index in [0.29, 0.717) is 6.04 Å². The third-order valence-corrected chi connectivity index (χ3v) is 4.10. The second-order valence-corrected chi connectivity index (χ2v) is 5.69. The molecule has 5 heteroatoms. The van der Waals surface area contributed by atoms with Gasteiger partial charge in [-0.2, -0.15) is 10.2 Å². The first-order valence-corrected chi connectivity index (χ1v) is 7.48. The van der Waals surface area contributed by atoms with Gasteiger partial charge in [-0.05, 0) is 32.9 Å². The lowest BCUT2D eigenvalue weighted by Crippen LogP contribution is -2.07. The van der Waals surface area contributed by atoms with Crippen molar-refractivity contribution in [1.82, 2.24) is 24.9 Å². The third kappa shape index (κ3) is 2.77. The molecule has 1 aliphatic rings. The summed E-state index contributed by atoms with van der Waals surface area (Å²) >= 11 is 0. The fourth-order valence-electron chi connectivity index (χ4n) is 3.00.